The fourth-order valence-electron chi connectivity index (χ4n) is 1.93. The highest BCUT2D eigenvalue weighted by Gasteiger charge is 2.07. The van der Waals surface area contributed by atoms with E-state index in [9.17, 15) is 8.42 Å². The van der Waals surface area contributed by atoms with E-state index in [-0.39, 0.29) is 6.61 Å². The summed E-state index contributed by atoms with van der Waals surface area (Å²) in [6, 6.07) is 0. The number of unbranched alkanes of at least 4 members (excludes halogenated alkanes) is 3. The molecule has 0 bridgehead atoms. The van der Waals surface area contributed by atoms with Gasteiger partial charge in [-0.2, -0.15) is 8.42 Å². The lowest BCUT2D eigenvalue weighted by molar-refractivity contribution is 0.257. The predicted octanol–water partition coefficient (Wildman–Crippen LogP) is 3.58. The Labute approximate surface area is 106 Å². The first kappa shape index (κ1) is 16.9. The molecule has 5 heteroatoms. The molecule has 1 unspecified atom stereocenters. The van der Waals surface area contributed by atoms with Gasteiger partial charge in [0.05, 0.1) is 6.61 Å². The third-order valence-corrected chi connectivity index (χ3v) is 3.50. The van der Waals surface area contributed by atoms with E-state index in [1.165, 1.54) is 32.1 Å². The maximum atomic E-state index is 10.3. The van der Waals surface area contributed by atoms with Crippen molar-refractivity contribution in [1.29, 1.82) is 0 Å². The number of hydrogen-bond donors (Lipinski definition) is 1. The van der Waals surface area contributed by atoms with Gasteiger partial charge in [-0.3, -0.25) is 4.55 Å². The van der Waals surface area contributed by atoms with E-state index >= 15 is 0 Å². The van der Waals surface area contributed by atoms with Crippen LogP contribution in [0.15, 0.2) is 0 Å². The van der Waals surface area contributed by atoms with Crippen LogP contribution in [0.2, 0.25) is 0 Å². The van der Waals surface area contributed by atoms with E-state index < -0.39 is 10.4 Å². The van der Waals surface area contributed by atoms with Crippen LogP contribution in [0.25, 0.3) is 0 Å². The average Bonchev–Trinajstić information content (AvgIpc) is 2.25. The van der Waals surface area contributed by atoms with Crippen molar-refractivity contribution in [2.75, 3.05) is 6.61 Å². The fraction of sp³-hybridized carbons (Fsp3) is 1.00. The molecule has 1 N–H and O–H groups in total. The van der Waals surface area contributed by atoms with Crippen molar-refractivity contribution < 1.29 is 17.2 Å². The molecule has 0 radical (unpaired) electrons. The lowest BCUT2D eigenvalue weighted by Crippen LogP contribution is -2.06. The van der Waals surface area contributed by atoms with Gasteiger partial charge in [-0.15, -0.1) is 0 Å². The maximum Gasteiger partial charge on any atom is 0.397 e. The molecule has 0 saturated carbocycles. The van der Waals surface area contributed by atoms with E-state index in [1.807, 2.05) is 0 Å². The van der Waals surface area contributed by atoms with Crippen LogP contribution in [-0.2, 0) is 14.6 Å². The summed E-state index contributed by atoms with van der Waals surface area (Å²) in [5.74, 6) is 0.743. The quantitative estimate of drug-likeness (QED) is 0.458. The minimum absolute atomic E-state index is 0.0875. The van der Waals surface area contributed by atoms with E-state index in [0.29, 0.717) is 6.42 Å². The lowest BCUT2D eigenvalue weighted by atomic mass is 9.93. The molecule has 0 spiro atoms. The first-order chi connectivity index (χ1) is 7.99. The van der Waals surface area contributed by atoms with Crippen LogP contribution < -0.4 is 0 Å². The smallest absolute Gasteiger partial charge is 0.264 e. The molecule has 0 aliphatic heterocycles. The normalized spacial score (nSPS) is 13.8. The molecule has 0 rings (SSSR count). The maximum absolute atomic E-state index is 10.3. The standard InChI is InChI=1S/C12H26O4S/c1-3-5-6-9-12(4-2)10-7-8-11-16-17(13,14)15/h12H,3-11H2,1-2H3,(H,13,14,15). The Bertz CT molecular complexity index is 262. The van der Waals surface area contributed by atoms with Crippen molar-refractivity contribution in [3.63, 3.8) is 0 Å². The van der Waals surface area contributed by atoms with Crippen LogP contribution in [-0.4, -0.2) is 19.6 Å². The van der Waals surface area contributed by atoms with Crippen LogP contribution >= 0.6 is 0 Å². The summed E-state index contributed by atoms with van der Waals surface area (Å²) < 4.78 is 33.2. The second kappa shape index (κ2) is 9.85. The minimum Gasteiger partial charge on any atom is -0.264 e. The van der Waals surface area contributed by atoms with E-state index in [4.69, 9.17) is 4.55 Å². The summed E-state index contributed by atoms with van der Waals surface area (Å²) >= 11 is 0. The summed E-state index contributed by atoms with van der Waals surface area (Å²) in [6.45, 7) is 4.49. The largest absolute Gasteiger partial charge is 0.397 e. The predicted molar refractivity (Wildman–Crippen MR) is 69.3 cm³/mol. The van der Waals surface area contributed by atoms with Crippen LogP contribution in [0, 0.1) is 5.92 Å². The number of hydrogen-bond acceptors (Lipinski definition) is 3. The lowest BCUT2D eigenvalue weighted by Gasteiger charge is -2.14. The van der Waals surface area contributed by atoms with Gasteiger partial charge in [0, 0.05) is 0 Å². The first-order valence-corrected chi connectivity index (χ1v) is 7.98. The second-order valence-electron chi connectivity index (χ2n) is 4.52. The molecule has 0 aliphatic carbocycles. The molecule has 0 saturated heterocycles. The van der Waals surface area contributed by atoms with Crippen LogP contribution in [0.5, 0.6) is 0 Å². The van der Waals surface area contributed by atoms with Gasteiger partial charge in [-0.1, -0.05) is 58.8 Å². The van der Waals surface area contributed by atoms with Gasteiger partial charge >= 0.3 is 10.4 Å². The Hall–Kier alpha value is -0.130. The summed E-state index contributed by atoms with van der Waals surface area (Å²) in [6.07, 6.45) is 9.04. The zero-order valence-corrected chi connectivity index (χ0v) is 11.8. The van der Waals surface area contributed by atoms with Gasteiger partial charge in [-0.25, -0.2) is 4.18 Å². The molecule has 0 heterocycles. The van der Waals surface area contributed by atoms with Gasteiger partial charge in [0.25, 0.3) is 0 Å². The van der Waals surface area contributed by atoms with Crippen molar-refractivity contribution in [3.05, 3.63) is 0 Å². The zero-order chi connectivity index (χ0) is 13.1. The highest BCUT2D eigenvalue weighted by atomic mass is 32.3. The van der Waals surface area contributed by atoms with Crippen LogP contribution in [0.1, 0.15) is 65.2 Å². The Morgan fingerprint density at radius 2 is 1.65 bits per heavy atom. The molecule has 0 aromatic heterocycles. The zero-order valence-electron chi connectivity index (χ0n) is 11.0. The fourth-order valence-corrected chi connectivity index (χ4v) is 2.26. The van der Waals surface area contributed by atoms with Crippen molar-refractivity contribution in [2.24, 2.45) is 5.92 Å². The van der Waals surface area contributed by atoms with Crippen molar-refractivity contribution in [2.45, 2.75) is 65.2 Å². The highest BCUT2D eigenvalue weighted by molar-refractivity contribution is 7.80. The summed E-state index contributed by atoms with van der Waals surface area (Å²) in [4.78, 5) is 0. The van der Waals surface area contributed by atoms with Gasteiger partial charge in [0.15, 0.2) is 0 Å². The van der Waals surface area contributed by atoms with Crippen molar-refractivity contribution in [3.8, 4) is 0 Å². The molecule has 17 heavy (non-hydrogen) atoms. The van der Waals surface area contributed by atoms with Gasteiger partial charge < -0.3 is 0 Å². The van der Waals surface area contributed by atoms with E-state index in [1.54, 1.807) is 0 Å². The Morgan fingerprint density at radius 1 is 1.06 bits per heavy atom. The third-order valence-electron chi connectivity index (χ3n) is 3.03. The monoisotopic (exact) mass is 266 g/mol. The second-order valence-corrected chi connectivity index (χ2v) is 5.61. The molecule has 0 aromatic rings. The van der Waals surface area contributed by atoms with Gasteiger partial charge in [0.2, 0.25) is 0 Å². The number of rotatable bonds is 11. The van der Waals surface area contributed by atoms with E-state index in [2.05, 4.69) is 18.0 Å². The molecule has 104 valence electrons. The molecular formula is C12H26O4S. The molecule has 0 aromatic carbocycles. The summed E-state index contributed by atoms with van der Waals surface area (Å²) in [5, 5.41) is 0. The highest BCUT2D eigenvalue weighted by Crippen LogP contribution is 2.19. The molecular weight excluding hydrogens is 240 g/mol. The molecule has 1 atom stereocenters. The molecule has 0 amide bonds. The van der Waals surface area contributed by atoms with Crippen LogP contribution in [0.3, 0.4) is 0 Å². The SMILES string of the molecule is CCCCCC(CC)CCCCOS(=O)(=O)O. The molecule has 0 aliphatic rings. The summed E-state index contributed by atoms with van der Waals surface area (Å²) in [7, 11) is -4.25. The first-order valence-electron chi connectivity index (χ1n) is 6.61. The average molecular weight is 266 g/mol. The molecule has 0 fully saturated rings. The third kappa shape index (κ3) is 12.1. The Balaban J connectivity index is 3.49. The summed E-state index contributed by atoms with van der Waals surface area (Å²) in [5.41, 5.74) is 0. The Kier molecular flexibility index (Phi) is 9.78. The van der Waals surface area contributed by atoms with Crippen LogP contribution in [0.4, 0.5) is 0 Å². The molecule has 4 nitrogen and oxygen atoms in total. The topological polar surface area (TPSA) is 63.6 Å². The van der Waals surface area contributed by atoms with Crippen molar-refractivity contribution >= 4 is 10.4 Å². The minimum atomic E-state index is -4.25. The van der Waals surface area contributed by atoms with E-state index in [0.717, 1.165) is 18.8 Å². The Morgan fingerprint density at radius 3 is 2.12 bits per heavy atom. The van der Waals surface area contributed by atoms with Gasteiger partial charge in [-0.05, 0) is 12.3 Å². The van der Waals surface area contributed by atoms with Gasteiger partial charge in [0.1, 0.15) is 0 Å². The van der Waals surface area contributed by atoms with Crippen molar-refractivity contribution in [1.82, 2.24) is 0 Å².